The molecule has 0 aliphatic heterocycles. The number of hydrogen-bond acceptors (Lipinski definition) is 3. The van der Waals surface area contributed by atoms with Gasteiger partial charge in [0.2, 0.25) is 0 Å². The minimum absolute atomic E-state index is 0.0192. The second-order valence-electron chi connectivity index (χ2n) is 5.35. The maximum absolute atomic E-state index is 12.9. The molecule has 24 heavy (non-hydrogen) atoms. The number of aliphatic hydroxyl groups excluding tert-OH is 1. The van der Waals surface area contributed by atoms with E-state index in [1.54, 1.807) is 11.3 Å². The Morgan fingerprint density at radius 3 is 2.58 bits per heavy atom. The summed E-state index contributed by atoms with van der Waals surface area (Å²) in [5, 5.41) is 15.6. The van der Waals surface area contributed by atoms with Gasteiger partial charge in [-0.15, -0.1) is 0 Å². The molecule has 2 N–H and O–H groups in total. The molecular formula is C17H18F3NO2S. The zero-order valence-electron chi connectivity index (χ0n) is 12.8. The summed E-state index contributed by atoms with van der Waals surface area (Å²) in [5.74, 6) is -0.671. The fraction of sp³-hybridized carbons (Fsp3) is 0.353. The van der Waals surface area contributed by atoms with Crippen LogP contribution in [-0.4, -0.2) is 24.2 Å². The van der Waals surface area contributed by atoms with Gasteiger partial charge in [-0.25, -0.2) is 0 Å². The Morgan fingerprint density at radius 1 is 1.21 bits per heavy atom. The van der Waals surface area contributed by atoms with Gasteiger partial charge in [0.25, 0.3) is 5.91 Å². The topological polar surface area (TPSA) is 49.3 Å². The molecule has 130 valence electrons. The average Bonchev–Trinajstić information content (AvgIpc) is 3.07. The first-order valence-electron chi connectivity index (χ1n) is 7.51. The lowest BCUT2D eigenvalue weighted by molar-refractivity contribution is -0.137. The highest BCUT2D eigenvalue weighted by Gasteiger charge is 2.34. The highest BCUT2D eigenvalue weighted by Crippen LogP contribution is 2.32. The number of hydrogen-bond donors (Lipinski definition) is 2. The number of rotatable bonds is 7. The van der Waals surface area contributed by atoms with Crippen LogP contribution >= 0.6 is 11.3 Å². The molecule has 0 saturated heterocycles. The summed E-state index contributed by atoms with van der Waals surface area (Å²) < 4.78 is 38.8. The zero-order chi connectivity index (χ0) is 17.6. The van der Waals surface area contributed by atoms with Crippen LogP contribution in [0, 0.1) is 0 Å². The minimum Gasteiger partial charge on any atom is -0.396 e. The van der Waals surface area contributed by atoms with Gasteiger partial charge in [-0.05, 0) is 53.3 Å². The molecule has 0 fully saturated rings. The third kappa shape index (κ3) is 4.82. The van der Waals surface area contributed by atoms with Crippen LogP contribution in [0.2, 0.25) is 0 Å². The fourth-order valence-electron chi connectivity index (χ4n) is 2.52. The van der Waals surface area contributed by atoms with Crippen molar-refractivity contribution in [2.45, 2.75) is 24.9 Å². The van der Waals surface area contributed by atoms with Gasteiger partial charge in [-0.1, -0.05) is 12.1 Å². The summed E-state index contributed by atoms with van der Waals surface area (Å²) in [4.78, 5) is 12.1. The Bertz CT molecular complexity index is 656. The SMILES string of the molecule is O=C(NCC[C@H](CCO)c1ccsc1)c1ccccc1C(F)(F)F. The molecule has 1 atom stereocenters. The standard InChI is InChI=1S/C17H18F3NO2S/c18-17(19,20)15-4-2-1-3-14(15)16(23)21-8-5-12(6-9-22)13-7-10-24-11-13/h1-4,7,10-12,22H,5-6,8-9H2,(H,21,23)/t12-/m1/s1. The number of thiophene rings is 1. The molecule has 1 amide bonds. The highest BCUT2D eigenvalue weighted by atomic mass is 32.1. The van der Waals surface area contributed by atoms with Crippen LogP contribution in [0.4, 0.5) is 13.2 Å². The molecule has 0 saturated carbocycles. The number of carbonyl (C=O) groups excluding carboxylic acids is 1. The lowest BCUT2D eigenvalue weighted by Gasteiger charge is -2.16. The predicted octanol–water partition coefficient (Wildman–Crippen LogP) is 4.05. The number of aliphatic hydroxyl groups is 1. The second-order valence-corrected chi connectivity index (χ2v) is 6.13. The number of benzene rings is 1. The Labute approximate surface area is 142 Å². The molecule has 7 heteroatoms. The van der Waals surface area contributed by atoms with Crippen molar-refractivity contribution in [3.8, 4) is 0 Å². The number of carbonyl (C=O) groups is 1. The van der Waals surface area contributed by atoms with Crippen LogP contribution in [0.25, 0.3) is 0 Å². The Hall–Kier alpha value is -1.86. The Morgan fingerprint density at radius 2 is 1.96 bits per heavy atom. The van der Waals surface area contributed by atoms with Gasteiger partial charge < -0.3 is 10.4 Å². The predicted molar refractivity (Wildman–Crippen MR) is 87.2 cm³/mol. The molecule has 1 aromatic heterocycles. The van der Waals surface area contributed by atoms with Crippen molar-refractivity contribution in [2.75, 3.05) is 13.2 Å². The molecule has 1 aromatic carbocycles. The van der Waals surface area contributed by atoms with Crippen LogP contribution in [0.3, 0.4) is 0 Å². The van der Waals surface area contributed by atoms with E-state index in [9.17, 15) is 18.0 Å². The number of nitrogens with one attached hydrogen (secondary N) is 1. The van der Waals surface area contributed by atoms with Crippen LogP contribution in [0.5, 0.6) is 0 Å². The quantitative estimate of drug-likeness (QED) is 0.785. The van der Waals surface area contributed by atoms with Crippen molar-refractivity contribution in [1.82, 2.24) is 5.32 Å². The summed E-state index contributed by atoms with van der Waals surface area (Å²) in [5.41, 5.74) is -0.245. The van der Waals surface area contributed by atoms with Gasteiger partial charge in [0.1, 0.15) is 0 Å². The molecule has 0 aliphatic carbocycles. The number of amides is 1. The van der Waals surface area contributed by atoms with Crippen LogP contribution in [0.1, 0.15) is 40.2 Å². The third-order valence-corrected chi connectivity index (χ3v) is 4.45. The summed E-state index contributed by atoms with van der Waals surface area (Å²) in [7, 11) is 0. The molecule has 0 unspecified atom stereocenters. The monoisotopic (exact) mass is 357 g/mol. The Balaban J connectivity index is 1.98. The molecule has 0 radical (unpaired) electrons. The Kier molecular flexibility index (Phi) is 6.39. The number of alkyl halides is 3. The maximum atomic E-state index is 12.9. The summed E-state index contributed by atoms with van der Waals surface area (Å²) in [6, 6.07) is 6.68. The molecule has 2 rings (SSSR count). The van der Waals surface area contributed by atoms with Gasteiger partial charge in [0.15, 0.2) is 0 Å². The zero-order valence-corrected chi connectivity index (χ0v) is 13.7. The third-order valence-electron chi connectivity index (χ3n) is 3.75. The summed E-state index contributed by atoms with van der Waals surface area (Å²) in [6.45, 7) is 0.261. The molecule has 0 bridgehead atoms. The van der Waals surface area contributed by atoms with E-state index in [0.29, 0.717) is 12.8 Å². The van der Waals surface area contributed by atoms with Crippen molar-refractivity contribution in [3.05, 3.63) is 57.8 Å². The first-order valence-corrected chi connectivity index (χ1v) is 8.45. The molecule has 0 aliphatic rings. The largest absolute Gasteiger partial charge is 0.417 e. The second kappa shape index (κ2) is 8.30. The first kappa shape index (κ1) is 18.5. The van der Waals surface area contributed by atoms with Gasteiger partial charge >= 0.3 is 6.18 Å². The van der Waals surface area contributed by atoms with E-state index in [1.165, 1.54) is 18.2 Å². The van der Waals surface area contributed by atoms with E-state index >= 15 is 0 Å². The number of halogens is 3. The molecule has 1 heterocycles. The van der Waals surface area contributed by atoms with E-state index in [2.05, 4.69) is 5.32 Å². The lowest BCUT2D eigenvalue weighted by Crippen LogP contribution is -2.28. The van der Waals surface area contributed by atoms with Crippen molar-refractivity contribution in [1.29, 1.82) is 0 Å². The van der Waals surface area contributed by atoms with Crippen molar-refractivity contribution in [3.63, 3.8) is 0 Å². The molecular weight excluding hydrogens is 339 g/mol. The smallest absolute Gasteiger partial charge is 0.396 e. The van der Waals surface area contributed by atoms with Crippen molar-refractivity contribution >= 4 is 17.2 Å². The van der Waals surface area contributed by atoms with E-state index in [1.807, 2.05) is 16.8 Å². The molecule has 3 nitrogen and oxygen atoms in total. The van der Waals surface area contributed by atoms with Crippen LogP contribution in [-0.2, 0) is 6.18 Å². The fourth-order valence-corrected chi connectivity index (χ4v) is 3.27. The minimum atomic E-state index is -4.57. The normalized spacial score (nSPS) is 12.8. The van der Waals surface area contributed by atoms with Gasteiger partial charge in [0, 0.05) is 13.2 Å². The van der Waals surface area contributed by atoms with Crippen LogP contribution < -0.4 is 5.32 Å². The summed E-state index contributed by atoms with van der Waals surface area (Å²) >= 11 is 1.54. The highest BCUT2D eigenvalue weighted by molar-refractivity contribution is 7.07. The van der Waals surface area contributed by atoms with E-state index in [4.69, 9.17) is 5.11 Å². The van der Waals surface area contributed by atoms with Crippen LogP contribution in [0.15, 0.2) is 41.1 Å². The molecule has 2 aromatic rings. The lowest BCUT2D eigenvalue weighted by atomic mass is 9.95. The molecule has 0 spiro atoms. The van der Waals surface area contributed by atoms with E-state index in [0.717, 1.165) is 11.6 Å². The first-order chi connectivity index (χ1) is 11.4. The van der Waals surface area contributed by atoms with E-state index < -0.39 is 17.6 Å². The van der Waals surface area contributed by atoms with Crippen molar-refractivity contribution in [2.24, 2.45) is 0 Å². The van der Waals surface area contributed by atoms with Gasteiger partial charge in [-0.2, -0.15) is 24.5 Å². The van der Waals surface area contributed by atoms with E-state index in [-0.39, 0.29) is 24.6 Å². The van der Waals surface area contributed by atoms with Gasteiger partial charge in [-0.3, -0.25) is 4.79 Å². The summed E-state index contributed by atoms with van der Waals surface area (Å²) in [6.07, 6.45) is -3.47. The maximum Gasteiger partial charge on any atom is 0.417 e. The van der Waals surface area contributed by atoms with Gasteiger partial charge in [0.05, 0.1) is 11.1 Å². The van der Waals surface area contributed by atoms with Crippen molar-refractivity contribution < 1.29 is 23.1 Å². The average molecular weight is 357 g/mol.